The molecule has 1 aromatic carbocycles. The van der Waals surface area contributed by atoms with Crippen molar-refractivity contribution in [1.82, 2.24) is 14.8 Å². The number of aryl methyl sites for hydroxylation is 2. The standard InChI is InChI=1S/C23H33N7O2S.2ClH/c1-15(31)26-23-28-19(11-8-16-6-9-18(10-7-16)27-22(24)25)20(33-23)14-30-12-4-5-17(13-30)21(32)29(2)3;;/h6-7,9-10,17H,4-5,8,11-14H2,1-3H3,(H4,24,25,27)(H,26,28,31);2*1H. The summed E-state index contributed by atoms with van der Waals surface area (Å²) in [5.74, 6) is 0.121. The SMILES string of the molecule is CC(=O)Nc1nc(CCc2ccc(N=C(N)N)cc2)c(CN2CCCC(C(=O)N(C)C)C2)s1.Cl.Cl. The predicted octanol–water partition coefficient (Wildman–Crippen LogP) is 2.94. The number of thiazole rings is 1. The maximum atomic E-state index is 12.5. The Morgan fingerprint density at radius 1 is 1.20 bits per heavy atom. The van der Waals surface area contributed by atoms with E-state index >= 15 is 0 Å². The smallest absolute Gasteiger partial charge is 0.226 e. The van der Waals surface area contributed by atoms with Crippen molar-refractivity contribution in [2.45, 2.75) is 39.2 Å². The van der Waals surface area contributed by atoms with E-state index in [1.54, 1.807) is 4.90 Å². The minimum absolute atomic E-state index is 0. The van der Waals surface area contributed by atoms with Crippen molar-refractivity contribution in [2.75, 3.05) is 32.5 Å². The number of aliphatic imine (C=N–C) groups is 1. The maximum Gasteiger partial charge on any atom is 0.226 e. The van der Waals surface area contributed by atoms with Crippen molar-refractivity contribution in [3.63, 3.8) is 0 Å². The molecule has 1 aromatic heterocycles. The van der Waals surface area contributed by atoms with Crippen LogP contribution >= 0.6 is 36.2 Å². The Morgan fingerprint density at radius 3 is 2.49 bits per heavy atom. The molecular weight excluding hydrogens is 509 g/mol. The van der Waals surface area contributed by atoms with Gasteiger partial charge in [-0.25, -0.2) is 9.98 Å². The molecule has 5 N–H and O–H groups in total. The molecule has 0 bridgehead atoms. The van der Waals surface area contributed by atoms with E-state index in [1.807, 2.05) is 38.4 Å². The van der Waals surface area contributed by atoms with Gasteiger partial charge in [-0.2, -0.15) is 0 Å². The Balaban J connectivity index is 0.00000306. The second-order valence-electron chi connectivity index (χ2n) is 8.58. The van der Waals surface area contributed by atoms with Crippen LogP contribution in [0.1, 0.15) is 35.9 Å². The van der Waals surface area contributed by atoms with Gasteiger partial charge in [-0.05, 0) is 49.9 Å². The lowest BCUT2D eigenvalue weighted by atomic mass is 9.96. The van der Waals surface area contributed by atoms with Crippen LogP contribution in [0.5, 0.6) is 0 Å². The number of rotatable bonds is 8. The zero-order chi connectivity index (χ0) is 24.0. The Kier molecular flexibility index (Phi) is 12.5. The quantitative estimate of drug-likeness (QED) is 0.346. The summed E-state index contributed by atoms with van der Waals surface area (Å²) in [6.07, 6.45) is 3.48. The van der Waals surface area contributed by atoms with Crippen LogP contribution < -0.4 is 16.8 Å². The number of aromatic nitrogens is 1. The Bertz CT molecular complexity index is 1010. The van der Waals surface area contributed by atoms with Gasteiger partial charge >= 0.3 is 0 Å². The molecule has 0 spiro atoms. The topological polar surface area (TPSA) is 130 Å². The number of hydrogen-bond acceptors (Lipinski definition) is 6. The molecule has 0 saturated carbocycles. The summed E-state index contributed by atoms with van der Waals surface area (Å²) >= 11 is 1.52. The van der Waals surface area contributed by atoms with E-state index in [9.17, 15) is 9.59 Å². The molecule has 35 heavy (non-hydrogen) atoms. The lowest BCUT2D eigenvalue weighted by Gasteiger charge is -2.33. The van der Waals surface area contributed by atoms with Gasteiger partial charge in [0.2, 0.25) is 11.8 Å². The molecule has 1 unspecified atom stereocenters. The van der Waals surface area contributed by atoms with Crippen molar-refractivity contribution in [2.24, 2.45) is 22.4 Å². The first kappa shape index (κ1) is 30.6. The van der Waals surface area contributed by atoms with Gasteiger partial charge in [0.15, 0.2) is 11.1 Å². The molecule has 2 amide bonds. The molecule has 12 heteroatoms. The molecule has 194 valence electrons. The van der Waals surface area contributed by atoms with E-state index in [0.717, 1.165) is 61.5 Å². The van der Waals surface area contributed by atoms with Crippen LogP contribution in [-0.4, -0.2) is 59.7 Å². The second kappa shape index (κ2) is 14.2. The van der Waals surface area contributed by atoms with Crippen LogP contribution in [0.15, 0.2) is 29.3 Å². The monoisotopic (exact) mass is 543 g/mol. The van der Waals surface area contributed by atoms with Gasteiger partial charge in [0.05, 0.1) is 17.3 Å². The maximum absolute atomic E-state index is 12.5. The molecule has 1 fully saturated rings. The van der Waals surface area contributed by atoms with Gasteiger partial charge in [-0.3, -0.25) is 14.5 Å². The summed E-state index contributed by atoms with van der Waals surface area (Å²) in [6, 6.07) is 7.78. The highest BCUT2D eigenvalue weighted by molar-refractivity contribution is 7.15. The first-order valence-corrected chi connectivity index (χ1v) is 11.9. The van der Waals surface area contributed by atoms with E-state index in [1.165, 1.54) is 18.3 Å². The molecule has 0 radical (unpaired) electrons. The summed E-state index contributed by atoms with van der Waals surface area (Å²) < 4.78 is 0. The molecule has 2 aromatic rings. The molecule has 0 aliphatic carbocycles. The van der Waals surface area contributed by atoms with Crippen molar-refractivity contribution in [3.8, 4) is 0 Å². The van der Waals surface area contributed by atoms with E-state index in [-0.39, 0.29) is 48.5 Å². The third-order valence-electron chi connectivity index (χ3n) is 5.57. The van der Waals surface area contributed by atoms with Crippen LogP contribution in [0.2, 0.25) is 0 Å². The third kappa shape index (κ3) is 9.29. The number of hydrogen-bond donors (Lipinski definition) is 3. The van der Waals surface area contributed by atoms with Crippen LogP contribution in [0.25, 0.3) is 0 Å². The van der Waals surface area contributed by atoms with Crippen LogP contribution in [0, 0.1) is 5.92 Å². The van der Waals surface area contributed by atoms with Crippen LogP contribution in [-0.2, 0) is 29.0 Å². The minimum Gasteiger partial charge on any atom is -0.370 e. The van der Waals surface area contributed by atoms with Gasteiger partial charge in [0, 0.05) is 39.0 Å². The highest BCUT2D eigenvalue weighted by Gasteiger charge is 2.27. The van der Waals surface area contributed by atoms with E-state index in [4.69, 9.17) is 16.5 Å². The highest BCUT2D eigenvalue weighted by Crippen LogP contribution is 2.28. The lowest BCUT2D eigenvalue weighted by Crippen LogP contribution is -2.42. The average molecular weight is 545 g/mol. The molecule has 3 rings (SSSR count). The first-order valence-electron chi connectivity index (χ1n) is 11.1. The Labute approximate surface area is 223 Å². The van der Waals surface area contributed by atoms with E-state index in [2.05, 4.69) is 15.2 Å². The van der Waals surface area contributed by atoms with Gasteiger partial charge in [-0.1, -0.05) is 12.1 Å². The number of carbonyl (C=O) groups is 2. The number of halogens is 2. The fraction of sp³-hybridized carbons (Fsp3) is 0.478. The van der Waals surface area contributed by atoms with Crippen molar-refractivity contribution >= 4 is 64.7 Å². The number of benzene rings is 1. The fourth-order valence-electron chi connectivity index (χ4n) is 4.02. The number of guanidine groups is 1. The molecule has 1 saturated heterocycles. The van der Waals surface area contributed by atoms with Gasteiger partial charge in [0.25, 0.3) is 0 Å². The molecule has 1 atom stereocenters. The number of carbonyl (C=O) groups excluding carboxylic acids is 2. The van der Waals surface area contributed by atoms with E-state index < -0.39 is 0 Å². The number of likely N-dealkylation sites (tertiary alicyclic amines) is 1. The van der Waals surface area contributed by atoms with Gasteiger partial charge < -0.3 is 21.7 Å². The first-order chi connectivity index (χ1) is 15.7. The Morgan fingerprint density at radius 2 is 1.89 bits per heavy atom. The molecule has 2 heterocycles. The summed E-state index contributed by atoms with van der Waals surface area (Å²) in [7, 11) is 3.62. The predicted molar refractivity (Wildman–Crippen MR) is 147 cm³/mol. The zero-order valence-electron chi connectivity index (χ0n) is 20.3. The summed E-state index contributed by atoms with van der Waals surface area (Å²) in [6.45, 7) is 3.92. The third-order valence-corrected chi connectivity index (χ3v) is 6.57. The average Bonchev–Trinajstić information content (AvgIpc) is 3.12. The number of nitrogens with zero attached hydrogens (tertiary/aromatic N) is 4. The zero-order valence-corrected chi connectivity index (χ0v) is 22.8. The largest absolute Gasteiger partial charge is 0.370 e. The fourth-order valence-corrected chi connectivity index (χ4v) is 5.12. The van der Waals surface area contributed by atoms with Crippen molar-refractivity contribution in [3.05, 3.63) is 40.4 Å². The number of nitrogens with two attached hydrogens (primary N) is 2. The lowest BCUT2D eigenvalue weighted by molar-refractivity contribution is -0.134. The number of amides is 2. The van der Waals surface area contributed by atoms with E-state index in [0.29, 0.717) is 10.8 Å². The molecule has 1 aliphatic heterocycles. The summed E-state index contributed by atoms with van der Waals surface area (Å²) in [5.41, 5.74) is 13.7. The number of nitrogens with one attached hydrogen (secondary N) is 1. The number of piperidine rings is 1. The minimum atomic E-state index is -0.133. The van der Waals surface area contributed by atoms with Crippen molar-refractivity contribution < 1.29 is 9.59 Å². The van der Waals surface area contributed by atoms with Gasteiger partial charge in [-0.15, -0.1) is 36.2 Å². The number of anilines is 1. The molecular formula is C23H35Cl2N7O2S. The normalized spacial score (nSPS) is 15.3. The summed E-state index contributed by atoms with van der Waals surface area (Å²) in [5, 5.41) is 3.44. The van der Waals surface area contributed by atoms with Crippen LogP contribution in [0.3, 0.4) is 0 Å². The molecule has 1 aliphatic rings. The van der Waals surface area contributed by atoms with Gasteiger partial charge in [0.1, 0.15) is 0 Å². The van der Waals surface area contributed by atoms with Crippen LogP contribution in [0.4, 0.5) is 10.8 Å². The van der Waals surface area contributed by atoms with Crippen molar-refractivity contribution in [1.29, 1.82) is 0 Å². The summed E-state index contributed by atoms with van der Waals surface area (Å²) in [4.78, 5) is 37.9. The molecule has 9 nitrogen and oxygen atoms in total. The Hall–Kier alpha value is -2.40. The highest BCUT2D eigenvalue weighted by atomic mass is 35.5. The second-order valence-corrected chi connectivity index (χ2v) is 9.66.